The van der Waals surface area contributed by atoms with Crippen molar-refractivity contribution in [2.75, 3.05) is 0 Å². The van der Waals surface area contributed by atoms with Crippen LogP contribution in [0.4, 0.5) is 0 Å². The maximum atomic E-state index is 13.3. The minimum atomic E-state index is -0.0520. The first-order valence-electron chi connectivity index (χ1n) is 9.49. The van der Waals surface area contributed by atoms with E-state index in [0.717, 1.165) is 32.1 Å². The fourth-order valence-corrected chi connectivity index (χ4v) is 4.41. The summed E-state index contributed by atoms with van der Waals surface area (Å²) in [6, 6.07) is 9.19. The molecule has 1 amide bonds. The molecule has 2 aromatic heterocycles. The van der Waals surface area contributed by atoms with Gasteiger partial charge in [0.15, 0.2) is 5.76 Å². The van der Waals surface area contributed by atoms with Gasteiger partial charge in [0.2, 0.25) is 0 Å². The van der Waals surface area contributed by atoms with Crippen molar-refractivity contribution in [3.63, 3.8) is 0 Å². The number of hydrogen-bond acceptors (Lipinski definition) is 3. The van der Waals surface area contributed by atoms with Gasteiger partial charge in [0, 0.05) is 28.4 Å². The first-order valence-corrected chi connectivity index (χ1v) is 10.2. The van der Waals surface area contributed by atoms with Gasteiger partial charge in [-0.2, -0.15) is 5.10 Å². The van der Waals surface area contributed by atoms with Crippen LogP contribution in [0.3, 0.4) is 0 Å². The molecule has 1 N–H and O–H groups in total. The lowest BCUT2D eigenvalue weighted by atomic mass is 9.92. The van der Waals surface area contributed by atoms with Crippen LogP contribution < -0.4 is 0 Å². The smallest absolute Gasteiger partial charge is 0.290 e. The number of aromatic amines is 1. The van der Waals surface area contributed by atoms with Gasteiger partial charge < -0.3 is 9.32 Å². The van der Waals surface area contributed by atoms with E-state index >= 15 is 0 Å². The number of amides is 1. The lowest BCUT2D eigenvalue weighted by Gasteiger charge is -2.33. The maximum Gasteiger partial charge on any atom is 0.290 e. The van der Waals surface area contributed by atoms with E-state index in [1.807, 2.05) is 11.1 Å². The van der Waals surface area contributed by atoms with Gasteiger partial charge in [0.1, 0.15) is 5.76 Å². The van der Waals surface area contributed by atoms with Crippen molar-refractivity contribution in [1.29, 1.82) is 0 Å². The summed E-state index contributed by atoms with van der Waals surface area (Å²) in [6.45, 7) is 0. The molecular formula is C21H19Cl2N3O2. The minimum absolute atomic E-state index is 0.0520. The average molecular weight is 416 g/mol. The van der Waals surface area contributed by atoms with Crippen LogP contribution in [0.5, 0.6) is 0 Å². The van der Waals surface area contributed by atoms with Crippen molar-refractivity contribution in [3.8, 4) is 11.3 Å². The molecule has 5 rings (SSSR count). The lowest BCUT2D eigenvalue weighted by Crippen LogP contribution is -2.44. The highest BCUT2D eigenvalue weighted by atomic mass is 35.5. The van der Waals surface area contributed by atoms with Gasteiger partial charge in [-0.05, 0) is 68.0 Å². The quantitative estimate of drug-likeness (QED) is 0.641. The molecule has 0 radical (unpaired) electrons. The SMILES string of the molecule is O=C(c1ccc(-c2cc(Cl)ccc2Cl)o1)N(C1CC1)C1CCc2[nH]ncc2C1. The summed E-state index contributed by atoms with van der Waals surface area (Å²) in [4.78, 5) is 15.3. The highest BCUT2D eigenvalue weighted by Crippen LogP contribution is 2.36. The Bertz CT molecular complexity index is 1040. The van der Waals surface area contributed by atoms with Crippen LogP contribution in [-0.4, -0.2) is 33.1 Å². The summed E-state index contributed by atoms with van der Waals surface area (Å²) in [5, 5.41) is 8.31. The van der Waals surface area contributed by atoms with Crippen LogP contribution in [0, 0.1) is 0 Å². The van der Waals surface area contributed by atoms with E-state index in [-0.39, 0.29) is 11.9 Å². The molecule has 2 aliphatic rings. The van der Waals surface area contributed by atoms with Gasteiger partial charge >= 0.3 is 0 Å². The molecule has 1 aromatic carbocycles. The fraction of sp³-hybridized carbons (Fsp3) is 0.333. The topological polar surface area (TPSA) is 62.1 Å². The summed E-state index contributed by atoms with van der Waals surface area (Å²) < 4.78 is 5.92. The second-order valence-electron chi connectivity index (χ2n) is 7.50. The first-order chi connectivity index (χ1) is 13.6. The van der Waals surface area contributed by atoms with Gasteiger partial charge in [-0.25, -0.2) is 0 Å². The Morgan fingerprint density at radius 2 is 2.00 bits per heavy atom. The summed E-state index contributed by atoms with van der Waals surface area (Å²) >= 11 is 12.4. The second-order valence-corrected chi connectivity index (χ2v) is 8.35. The minimum Gasteiger partial charge on any atom is -0.451 e. The molecule has 1 unspecified atom stereocenters. The summed E-state index contributed by atoms with van der Waals surface area (Å²) in [5.74, 6) is 0.840. The van der Waals surface area contributed by atoms with Crippen LogP contribution in [0.15, 0.2) is 40.9 Å². The number of nitrogens with one attached hydrogen (secondary N) is 1. The lowest BCUT2D eigenvalue weighted by molar-refractivity contribution is 0.0611. The molecule has 1 fully saturated rings. The van der Waals surface area contributed by atoms with Crippen LogP contribution in [0.1, 0.15) is 41.1 Å². The number of furan rings is 1. The first kappa shape index (κ1) is 17.8. The molecule has 0 aliphatic heterocycles. The highest BCUT2D eigenvalue weighted by molar-refractivity contribution is 6.35. The Hall–Kier alpha value is -2.24. The van der Waals surface area contributed by atoms with E-state index in [2.05, 4.69) is 10.2 Å². The molecule has 144 valence electrons. The number of aromatic nitrogens is 2. The van der Waals surface area contributed by atoms with E-state index in [1.165, 1.54) is 11.3 Å². The van der Waals surface area contributed by atoms with Crippen molar-refractivity contribution in [3.05, 3.63) is 63.6 Å². The number of H-pyrrole nitrogens is 1. The molecule has 7 heteroatoms. The molecule has 2 heterocycles. The largest absolute Gasteiger partial charge is 0.451 e. The van der Waals surface area contributed by atoms with E-state index < -0.39 is 0 Å². The Kier molecular flexibility index (Phi) is 4.44. The molecule has 0 spiro atoms. The number of benzene rings is 1. The third-order valence-electron chi connectivity index (χ3n) is 5.57. The van der Waals surface area contributed by atoms with Crippen molar-refractivity contribution in [2.24, 2.45) is 0 Å². The number of halogens is 2. The van der Waals surface area contributed by atoms with Crippen molar-refractivity contribution in [2.45, 2.75) is 44.2 Å². The van der Waals surface area contributed by atoms with Gasteiger partial charge in [0.05, 0.1) is 11.2 Å². The Morgan fingerprint density at radius 3 is 2.82 bits per heavy atom. The zero-order valence-electron chi connectivity index (χ0n) is 15.1. The maximum absolute atomic E-state index is 13.3. The Labute approximate surface area is 172 Å². The normalized spacial score (nSPS) is 18.7. The third kappa shape index (κ3) is 3.23. The van der Waals surface area contributed by atoms with E-state index in [9.17, 15) is 4.79 Å². The van der Waals surface area contributed by atoms with Crippen molar-refractivity contribution < 1.29 is 9.21 Å². The molecule has 3 aromatic rings. The molecule has 1 atom stereocenters. The van der Waals surface area contributed by atoms with Crippen LogP contribution in [-0.2, 0) is 12.8 Å². The molecule has 5 nitrogen and oxygen atoms in total. The molecule has 28 heavy (non-hydrogen) atoms. The highest BCUT2D eigenvalue weighted by Gasteiger charge is 2.40. The van der Waals surface area contributed by atoms with E-state index in [0.29, 0.717) is 33.2 Å². The monoisotopic (exact) mass is 415 g/mol. The zero-order chi connectivity index (χ0) is 19.3. The van der Waals surface area contributed by atoms with E-state index in [1.54, 1.807) is 30.3 Å². The van der Waals surface area contributed by atoms with Gasteiger partial charge in [-0.1, -0.05) is 23.2 Å². The summed E-state index contributed by atoms with van der Waals surface area (Å²) in [5.41, 5.74) is 3.09. The molecule has 0 saturated heterocycles. The van der Waals surface area contributed by atoms with Crippen LogP contribution >= 0.6 is 23.2 Å². The van der Waals surface area contributed by atoms with Gasteiger partial charge in [-0.15, -0.1) is 0 Å². The Morgan fingerprint density at radius 1 is 1.14 bits per heavy atom. The molecule has 2 aliphatic carbocycles. The summed E-state index contributed by atoms with van der Waals surface area (Å²) in [6.07, 6.45) is 6.66. The van der Waals surface area contributed by atoms with Crippen LogP contribution in [0.25, 0.3) is 11.3 Å². The standard InChI is InChI=1S/C21H19Cl2N3O2/c22-13-1-5-17(23)16(10-13)19-7-8-20(28-19)21(27)26(14-2-3-14)15-4-6-18-12(9-15)11-24-25-18/h1,5,7-8,10-11,14-15H,2-4,6,9H2,(H,24,25). The predicted octanol–water partition coefficient (Wildman–Crippen LogP) is 5.14. The number of carbonyl (C=O) groups is 1. The van der Waals surface area contributed by atoms with Crippen molar-refractivity contribution in [1.82, 2.24) is 15.1 Å². The number of hydrogen-bond donors (Lipinski definition) is 1. The van der Waals surface area contributed by atoms with E-state index in [4.69, 9.17) is 27.6 Å². The van der Waals surface area contributed by atoms with Gasteiger partial charge in [-0.3, -0.25) is 9.89 Å². The van der Waals surface area contributed by atoms with Crippen molar-refractivity contribution >= 4 is 29.1 Å². The molecule has 0 bridgehead atoms. The third-order valence-corrected chi connectivity index (χ3v) is 6.13. The average Bonchev–Trinajstić information content (AvgIpc) is 3.20. The number of nitrogens with zero attached hydrogens (tertiary/aromatic N) is 2. The number of fused-ring (bicyclic) bond motifs is 1. The molecule has 1 saturated carbocycles. The predicted molar refractivity (Wildman–Crippen MR) is 108 cm³/mol. The zero-order valence-corrected chi connectivity index (χ0v) is 16.6. The second kappa shape index (κ2) is 6.98. The number of rotatable bonds is 4. The number of aryl methyl sites for hydroxylation is 1. The van der Waals surface area contributed by atoms with Gasteiger partial charge in [0.25, 0.3) is 5.91 Å². The number of carbonyl (C=O) groups excluding carboxylic acids is 1. The Balaban J connectivity index is 1.42. The summed E-state index contributed by atoms with van der Waals surface area (Å²) in [7, 11) is 0. The van der Waals surface area contributed by atoms with Crippen LogP contribution in [0.2, 0.25) is 10.0 Å². The fourth-order valence-electron chi connectivity index (χ4n) is 4.03. The molecular weight excluding hydrogens is 397 g/mol.